The van der Waals surface area contributed by atoms with Gasteiger partial charge < -0.3 is 5.32 Å². The van der Waals surface area contributed by atoms with Crippen LogP contribution in [0.1, 0.15) is 39.5 Å². The number of nitrogens with one attached hydrogen (secondary N) is 1. The number of hydrogen-bond donors (Lipinski definition) is 1. The van der Waals surface area contributed by atoms with Crippen molar-refractivity contribution in [3.05, 3.63) is 0 Å². The van der Waals surface area contributed by atoms with E-state index in [0.717, 1.165) is 12.8 Å². The molecule has 6 heteroatoms. The van der Waals surface area contributed by atoms with Crippen molar-refractivity contribution in [1.29, 1.82) is 0 Å². The summed E-state index contributed by atoms with van der Waals surface area (Å²) in [5, 5.41) is 2.65. The lowest BCUT2D eigenvalue weighted by Crippen LogP contribution is -2.52. The highest BCUT2D eigenvalue weighted by atomic mass is 35.5. The molecule has 1 N–H and O–H groups in total. The van der Waals surface area contributed by atoms with Crippen LogP contribution in [0.15, 0.2) is 0 Å². The molecule has 2 fully saturated rings. The minimum atomic E-state index is -1.02. The molecule has 96 valence electrons. The number of amides is 3. The second-order valence-corrected chi connectivity index (χ2v) is 6.80. The van der Waals surface area contributed by atoms with Gasteiger partial charge in [-0.25, -0.2) is 4.79 Å². The van der Waals surface area contributed by atoms with Gasteiger partial charge in [-0.1, -0.05) is 36.0 Å². The molecule has 1 atom stereocenters. The van der Waals surface area contributed by atoms with Crippen LogP contribution in [0.2, 0.25) is 0 Å². The topological polar surface area (TPSA) is 49.4 Å². The lowest BCUT2D eigenvalue weighted by molar-refractivity contribution is -0.132. The molecule has 2 aliphatic rings. The summed E-state index contributed by atoms with van der Waals surface area (Å²) in [5.74, 6) is -0.250. The molecule has 0 radical (unpaired) electrons. The van der Waals surface area contributed by atoms with E-state index in [1.807, 2.05) is 0 Å². The minimum absolute atomic E-state index is 0.250. The fourth-order valence-electron chi connectivity index (χ4n) is 2.45. The molecular weight excluding hydrogens is 263 g/mol. The summed E-state index contributed by atoms with van der Waals surface area (Å²) in [6.07, 6.45) is 3.14. The van der Waals surface area contributed by atoms with E-state index < -0.39 is 21.9 Å². The van der Waals surface area contributed by atoms with Crippen molar-refractivity contribution in [2.75, 3.05) is 0 Å². The van der Waals surface area contributed by atoms with Crippen LogP contribution >= 0.6 is 23.2 Å². The fourth-order valence-corrected chi connectivity index (χ4v) is 3.13. The first-order valence-electron chi connectivity index (χ1n) is 5.79. The van der Waals surface area contributed by atoms with Gasteiger partial charge in [-0.3, -0.25) is 9.69 Å². The SMILES string of the molecule is CC1(C)NC(=O)N(C2CCCCC2(Cl)Cl)C1=O. The zero-order valence-corrected chi connectivity index (χ0v) is 11.4. The summed E-state index contributed by atoms with van der Waals surface area (Å²) in [6.45, 7) is 3.36. The van der Waals surface area contributed by atoms with Gasteiger partial charge >= 0.3 is 6.03 Å². The Bertz CT molecular complexity index is 368. The number of nitrogens with zero attached hydrogens (tertiary/aromatic N) is 1. The molecule has 4 nitrogen and oxygen atoms in total. The molecule has 2 rings (SSSR count). The molecule has 0 aromatic heterocycles. The normalized spacial score (nSPS) is 31.5. The highest BCUT2D eigenvalue weighted by Crippen LogP contribution is 2.42. The number of carbonyl (C=O) groups is 2. The molecule has 1 unspecified atom stereocenters. The van der Waals surface area contributed by atoms with Gasteiger partial charge in [0.05, 0.1) is 6.04 Å². The maximum absolute atomic E-state index is 12.1. The molecule has 17 heavy (non-hydrogen) atoms. The van der Waals surface area contributed by atoms with Crippen LogP contribution in [0.4, 0.5) is 4.79 Å². The Hall–Kier alpha value is -0.480. The molecule has 1 saturated heterocycles. The Morgan fingerprint density at radius 1 is 1.29 bits per heavy atom. The number of imide groups is 1. The van der Waals surface area contributed by atoms with Crippen molar-refractivity contribution >= 4 is 35.1 Å². The van der Waals surface area contributed by atoms with E-state index in [2.05, 4.69) is 5.32 Å². The third kappa shape index (κ3) is 2.13. The van der Waals surface area contributed by atoms with Crippen molar-refractivity contribution in [2.45, 2.75) is 55.4 Å². The molecule has 1 heterocycles. The van der Waals surface area contributed by atoms with E-state index in [0.29, 0.717) is 12.8 Å². The number of alkyl halides is 2. The molecule has 0 spiro atoms. The standard InChI is InChI=1S/C11H16Cl2N2O2/c1-10(2)8(16)15(9(17)14-10)7-5-3-4-6-11(7,12)13/h7H,3-6H2,1-2H3,(H,14,17). The molecule has 0 aromatic carbocycles. The highest BCUT2D eigenvalue weighted by Gasteiger charge is 2.53. The summed E-state index contributed by atoms with van der Waals surface area (Å²) in [4.78, 5) is 25.2. The van der Waals surface area contributed by atoms with Crippen LogP contribution in [-0.2, 0) is 4.79 Å². The maximum Gasteiger partial charge on any atom is 0.325 e. The van der Waals surface area contributed by atoms with Gasteiger partial charge in [-0.05, 0) is 26.7 Å². The monoisotopic (exact) mass is 278 g/mol. The van der Waals surface area contributed by atoms with Gasteiger partial charge in [-0.15, -0.1) is 0 Å². The van der Waals surface area contributed by atoms with Crippen molar-refractivity contribution < 1.29 is 9.59 Å². The van der Waals surface area contributed by atoms with Gasteiger partial charge in [0.1, 0.15) is 9.87 Å². The van der Waals surface area contributed by atoms with Crippen LogP contribution < -0.4 is 5.32 Å². The Labute approximate surface area is 111 Å². The first kappa shape index (κ1) is 13.0. The van der Waals surface area contributed by atoms with E-state index in [1.54, 1.807) is 13.8 Å². The third-order valence-electron chi connectivity index (χ3n) is 3.43. The van der Waals surface area contributed by atoms with E-state index >= 15 is 0 Å². The predicted molar refractivity (Wildman–Crippen MR) is 66.1 cm³/mol. The average molecular weight is 279 g/mol. The lowest BCUT2D eigenvalue weighted by atomic mass is 9.92. The van der Waals surface area contributed by atoms with Gasteiger partial charge in [0.15, 0.2) is 0 Å². The van der Waals surface area contributed by atoms with Crippen LogP contribution in [-0.4, -0.2) is 32.8 Å². The molecule has 0 aromatic rings. The lowest BCUT2D eigenvalue weighted by Gasteiger charge is -2.38. The quantitative estimate of drug-likeness (QED) is 0.592. The minimum Gasteiger partial charge on any atom is -0.324 e. The zero-order chi connectivity index (χ0) is 12.8. The molecule has 1 saturated carbocycles. The molecule has 1 aliphatic heterocycles. The van der Waals surface area contributed by atoms with E-state index in [9.17, 15) is 9.59 Å². The summed E-state index contributed by atoms with van der Waals surface area (Å²) in [5.41, 5.74) is -0.863. The Morgan fingerprint density at radius 2 is 1.94 bits per heavy atom. The molecule has 1 aliphatic carbocycles. The van der Waals surface area contributed by atoms with Crippen molar-refractivity contribution in [3.63, 3.8) is 0 Å². The zero-order valence-electron chi connectivity index (χ0n) is 9.93. The molecule has 0 bridgehead atoms. The summed E-state index contributed by atoms with van der Waals surface area (Å²) >= 11 is 12.5. The van der Waals surface area contributed by atoms with Gasteiger partial charge in [-0.2, -0.15) is 0 Å². The maximum atomic E-state index is 12.1. The van der Waals surface area contributed by atoms with Crippen molar-refractivity contribution in [2.24, 2.45) is 0 Å². The number of carbonyl (C=O) groups excluding carboxylic acids is 2. The summed E-state index contributed by atoms with van der Waals surface area (Å²) in [6, 6.07) is -0.813. The van der Waals surface area contributed by atoms with Crippen molar-refractivity contribution in [3.8, 4) is 0 Å². The van der Waals surface area contributed by atoms with Crippen LogP contribution in [0.3, 0.4) is 0 Å². The Balaban J connectivity index is 2.28. The van der Waals surface area contributed by atoms with Gasteiger partial charge in [0, 0.05) is 0 Å². The molecule has 3 amide bonds. The predicted octanol–water partition coefficient (Wildman–Crippen LogP) is 2.43. The largest absolute Gasteiger partial charge is 0.325 e. The highest BCUT2D eigenvalue weighted by molar-refractivity contribution is 6.49. The molecular formula is C11H16Cl2N2O2. The van der Waals surface area contributed by atoms with E-state index in [-0.39, 0.29) is 5.91 Å². The van der Waals surface area contributed by atoms with E-state index in [1.165, 1.54) is 4.90 Å². The number of urea groups is 1. The Morgan fingerprint density at radius 3 is 2.41 bits per heavy atom. The van der Waals surface area contributed by atoms with E-state index in [4.69, 9.17) is 23.2 Å². The second kappa shape index (κ2) is 4.02. The summed E-state index contributed by atoms with van der Waals surface area (Å²) < 4.78 is -1.02. The first-order valence-corrected chi connectivity index (χ1v) is 6.55. The summed E-state index contributed by atoms with van der Waals surface area (Å²) in [7, 11) is 0. The van der Waals surface area contributed by atoms with Crippen LogP contribution in [0.25, 0.3) is 0 Å². The fraction of sp³-hybridized carbons (Fsp3) is 0.818. The van der Waals surface area contributed by atoms with Crippen molar-refractivity contribution in [1.82, 2.24) is 10.2 Å². The smallest absolute Gasteiger partial charge is 0.324 e. The number of halogens is 2. The van der Waals surface area contributed by atoms with Crippen LogP contribution in [0.5, 0.6) is 0 Å². The van der Waals surface area contributed by atoms with Gasteiger partial charge in [0.2, 0.25) is 0 Å². The first-order chi connectivity index (χ1) is 7.76. The van der Waals surface area contributed by atoms with Gasteiger partial charge in [0.25, 0.3) is 5.91 Å². The number of hydrogen-bond acceptors (Lipinski definition) is 2. The number of rotatable bonds is 1. The van der Waals surface area contributed by atoms with Crippen LogP contribution in [0, 0.1) is 0 Å². The Kier molecular flexibility index (Phi) is 3.07. The average Bonchev–Trinajstić information content (AvgIpc) is 2.38. The second-order valence-electron chi connectivity index (χ2n) is 5.25. The third-order valence-corrected chi connectivity index (χ3v) is 4.31.